The Hall–Kier alpha value is -2.12. The minimum Gasteiger partial charge on any atom is -0.481 e. The maximum absolute atomic E-state index is 10.6. The van der Waals surface area contributed by atoms with Crippen molar-refractivity contribution < 1.29 is 29.4 Å². The molecule has 0 bridgehead atoms. The van der Waals surface area contributed by atoms with Gasteiger partial charge in [0.1, 0.15) is 0 Å². The largest absolute Gasteiger partial charge is 0.481 e. The van der Waals surface area contributed by atoms with Gasteiger partial charge in [-0.2, -0.15) is 0 Å². The standard InChI is InChI=1S/2C9H17NO3/c2*1-6(2)3-7(4-8(10)11)5-9(12)13/h2*6-7H,3-5H2,1-2H3,(H2,10,11)(H,12,13)/t7-;/m1./s1. The lowest BCUT2D eigenvalue weighted by Crippen LogP contribution is -2.19. The van der Waals surface area contributed by atoms with Crippen LogP contribution in [-0.2, 0) is 19.2 Å². The van der Waals surface area contributed by atoms with E-state index in [1.807, 2.05) is 27.7 Å². The summed E-state index contributed by atoms with van der Waals surface area (Å²) in [7, 11) is 0. The summed E-state index contributed by atoms with van der Waals surface area (Å²) in [5.41, 5.74) is 10.0. The highest BCUT2D eigenvalue weighted by molar-refractivity contribution is 5.75. The van der Waals surface area contributed by atoms with Crippen molar-refractivity contribution in [3.8, 4) is 0 Å². The second-order valence-electron chi connectivity index (χ2n) is 7.53. The summed E-state index contributed by atoms with van der Waals surface area (Å²) < 4.78 is 0. The second-order valence-corrected chi connectivity index (χ2v) is 7.53. The van der Waals surface area contributed by atoms with Crippen molar-refractivity contribution >= 4 is 23.8 Å². The van der Waals surface area contributed by atoms with Gasteiger partial charge in [0, 0.05) is 25.7 Å². The number of primary amides is 2. The fraction of sp³-hybridized carbons (Fsp3) is 0.778. The molecule has 1 unspecified atom stereocenters. The summed E-state index contributed by atoms with van der Waals surface area (Å²) in [6.07, 6.45) is 1.86. The van der Waals surface area contributed by atoms with Crippen molar-refractivity contribution in [2.75, 3.05) is 0 Å². The Bertz CT molecular complexity index is 389. The first-order valence-corrected chi connectivity index (χ1v) is 8.83. The minimum absolute atomic E-state index is 0.0289. The van der Waals surface area contributed by atoms with Crippen molar-refractivity contribution in [2.24, 2.45) is 35.1 Å². The van der Waals surface area contributed by atoms with Crippen molar-refractivity contribution in [3.63, 3.8) is 0 Å². The number of carboxylic acid groups (broad SMARTS) is 2. The Morgan fingerprint density at radius 2 is 0.923 bits per heavy atom. The van der Waals surface area contributed by atoms with Gasteiger partial charge in [0.05, 0.1) is 0 Å². The van der Waals surface area contributed by atoms with Gasteiger partial charge in [-0.1, -0.05) is 27.7 Å². The van der Waals surface area contributed by atoms with Gasteiger partial charge in [0.15, 0.2) is 0 Å². The molecule has 0 aliphatic carbocycles. The van der Waals surface area contributed by atoms with Gasteiger partial charge < -0.3 is 21.7 Å². The van der Waals surface area contributed by atoms with Crippen LogP contribution in [0.2, 0.25) is 0 Å². The van der Waals surface area contributed by atoms with Crippen LogP contribution in [-0.4, -0.2) is 34.0 Å². The highest BCUT2D eigenvalue weighted by atomic mass is 16.4. The predicted molar refractivity (Wildman–Crippen MR) is 98.0 cm³/mol. The minimum atomic E-state index is -0.869. The molecule has 2 amide bonds. The zero-order valence-electron chi connectivity index (χ0n) is 16.2. The molecular weight excluding hydrogens is 340 g/mol. The summed E-state index contributed by atoms with van der Waals surface area (Å²) in [6, 6.07) is 0. The van der Waals surface area contributed by atoms with Gasteiger partial charge in [-0.05, 0) is 36.5 Å². The summed E-state index contributed by atoms with van der Waals surface area (Å²) in [4.78, 5) is 42.0. The molecule has 0 aromatic heterocycles. The van der Waals surface area contributed by atoms with E-state index in [2.05, 4.69) is 0 Å². The first kappa shape index (κ1) is 26.1. The Morgan fingerprint density at radius 3 is 1.08 bits per heavy atom. The third kappa shape index (κ3) is 19.9. The van der Waals surface area contributed by atoms with Crippen LogP contribution >= 0.6 is 0 Å². The predicted octanol–water partition coefficient (Wildman–Crippen LogP) is 2.00. The van der Waals surface area contributed by atoms with Crippen molar-refractivity contribution in [3.05, 3.63) is 0 Å². The third-order valence-corrected chi connectivity index (χ3v) is 3.52. The van der Waals surface area contributed by atoms with E-state index in [9.17, 15) is 19.2 Å². The zero-order chi connectivity index (χ0) is 20.9. The lowest BCUT2D eigenvalue weighted by molar-refractivity contribution is -0.139. The van der Waals surface area contributed by atoms with Crippen LogP contribution < -0.4 is 11.5 Å². The molecule has 26 heavy (non-hydrogen) atoms. The molecule has 0 heterocycles. The van der Waals surface area contributed by atoms with Crippen molar-refractivity contribution in [1.82, 2.24) is 0 Å². The van der Waals surface area contributed by atoms with Crippen LogP contribution in [0.25, 0.3) is 0 Å². The van der Waals surface area contributed by atoms with E-state index in [0.29, 0.717) is 11.8 Å². The van der Waals surface area contributed by atoms with Gasteiger partial charge in [-0.25, -0.2) is 0 Å². The molecule has 8 heteroatoms. The smallest absolute Gasteiger partial charge is 0.303 e. The van der Waals surface area contributed by atoms with Crippen molar-refractivity contribution in [2.45, 2.75) is 66.2 Å². The summed E-state index contributed by atoms with van der Waals surface area (Å²) >= 11 is 0. The molecule has 0 aromatic carbocycles. The molecule has 0 rings (SSSR count). The number of carbonyl (C=O) groups is 4. The van der Waals surface area contributed by atoms with Crippen LogP contribution in [0.5, 0.6) is 0 Å². The third-order valence-electron chi connectivity index (χ3n) is 3.52. The Labute approximate surface area is 155 Å². The number of rotatable bonds is 12. The number of nitrogens with two attached hydrogens (primary N) is 2. The average molecular weight is 374 g/mol. The van der Waals surface area contributed by atoms with Gasteiger partial charge in [-0.15, -0.1) is 0 Å². The number of hydrogen-bond acceptors (Lipinski definition) is 4. The molecule has 0 fully saturated rings. The molecule has 2 atom stereocenters. The van der Waals surface area contributed by atoms with Gasteiger partial charge in [0.2, 0.25) is 11.8 Å². The number of carbonyl (C=O) groups excluding carboxylic acids is 2. The maximum Gasteiger partial charge on any atom is 0.303 e. The fourth-order valence-corrected chi connectivity index (χ4v) is 2.87. The molecule has 0 saturated heterocycles. The SMILES string of the molecule is CC(C)CC(CC(N)=O)CC(=O)O.CC(C)C[C@H](CC(N)=O)CC(=O)O. The van der Waals surface area contributed by atoms with E-state index < -0.39 is 23.8 Å². The molecule has 0 aliphatic heterocycles. The maximum atomic E-state index is 10.6. The van der Waals surface area contributed by atoms with Gasteiger partial charge in [0.25, 0.3) is 0 Å². The quantitative estimate of drug-likeness (QED) is 0.408. The fourth-order valence-electron chi connectivity index (χ4n) is 2.87. The first-order valence-electron chi connectivity index (χ1n) is 8.83. The Balaban J connectivity index is 0. The zero-order valence-corrected chi connectivity index (χ0v) is 16.2. The topological polar surface area (TPSA) is 161 Å². The number of aliphatic carboxylic acids is 2. The summed E-state index contributed by atoms with van der Waals surface area (Å²) in [6.45, 7) is 7.98. The van der Waals surface area contributed by atoms with E-state index in [-0.39, 0.29) is 37.5 Å². The number of amides is 2. The molecule has 8 nitrogen and oxygen atoms in total. The highest BCUT2D eigenvalue weighted by Crippen LogP contribution is 2.19. The van der Waals surface area contributed by atoms with E-state index >= 15 is 0 Å². The monoisotopic (exact) mass is 374 g/mol. The lowest BCUT2D eigenvalue weighted by Gasteiger charge is -2.14. The van der Waals surface area contributed by atoms with Crippen LogP contribution in [0.4, 0.5) is 0 Å². The Morgan fingerprint density at radius 1 is 0.654 bits per heavy atom. The normalized spacial score (nSPS) is 12.8. The number of carboxylic acids is 2. The molecular formula is C18H34N2O6. The average Bonchev–Trinajstić information content (AvgIpc) is 2.33. The van der Waals surface area contributed by atoms with E-state index in [1.165, 1.54) is 0 Å². The van der Waals surface area contributed by atoms with Crippen LogP contribution in [0.1, 0.15) is 66.2 Å². The first-order chi connectivity index (χ1) is 11.8. The molecule has 0 aromatic rings. The second kappa shape index (κ2) is 14.1. The van der Waals surface area contributed by atoms with E-state index in [4.69, 9.17) is 21.7 Å². The van der Waals surface area contributed by atoms with Crippen LogP contribution in [0.15, 0.2) is 0 Å². The molecule has 152 valence electrons. The highest BCUT2D eigenvalue weighted by Gasteiger charge is 2.17. The molecule has 0 saturated carbocycles. The molecule has 6 N–H and O–H groups in total. The summed E-state index contributed by atoms with van der Waals surface area (Å²) in [5.74, 6) is -2.03. The van der Waals surface area contributed by atoms with E-state index in [0.717, 1.165) is 12.8 Å². The molecule has 0 aliphatic rings. The van der Waals surface area contributed by atoms with Crippen molar-refractivity contribution in [1.29, 1.82) is 0 Å². The Kier molecular flexibility index (Phi) is 14.2. The lowest BCUT2D eigenvalue weighted by atomic mass is 9.91. The molecule has 0 spiro atoms. The van der Waals surface area contributed by atoms with Crippen LogP contribution in [0.3, 0.4) is 0 Å². The van der Waals surface area contributed by atoms with Crippen LogP contribution in [0, 0.1) is 23.7 Å². The van der Waals surface area contributed by atoms with Gasteiger partial charge >= 0.3 is 11.9 Å². The van der Waals surface area contributed by atoms with Gasteiger partial charge in [-0.3, -0.25) is 19.2 Å². The van der Waals surface area contributed by atoms with E-state index in [1.54, 1.807) is 0 Å². The molecule has 0 radical (unpaired) electrons. The number of hydrogen-bond donors (Lipinski definition) is 4. The summed E-state index contributed by atoms with van der Waals surface area (Å²) in [5, 5.41) is 17.1.